The minimum absolute atomic E-state index is 0.233. The Labute approximate surface area is 156 Å². The first-order valence-corrected chi connectivity index (χ1v) is 8.20. The van der Waals surface area contributed by atoms with Gasteiger partial charge < -0.3 is 15.4 Å². The average Bonchev–Trinajstić information content (AvgIpc) is 2.73. The molecule has 0 aliphatic carbocycles. The van der Waals surface area contributed by atoms with Crippen LogP contribution >= 0.6 is 0 Å². The maximum atomic E-state index is 12.4. The predicted molar refractivity (Wildman–Crippen MR) is 101 cm³/mol. The molecular formula is C20H17N5O2. The molecule has 27 heavy (non-hydrogen) atoms. The van der Waals surface area contributed by atoms with Crippen molar-refractivity contribution in [1.82, 2.24) is 9.97 Å². The number of aromatic nitrogens is 2. The largest absolute Gasteiger partial charge is 0.496 e. The summed E-state index contributed by atoms with van der Waals surface area (Å²) in [7, 11) is 1.61. The summed E-state index contributed by atoms with van der Waals surface area (Å²) in [6.45, 7) is 0.463. The zero-order valence-corrected chi connectivity index (χ0v) is 14.6. The number of para-hydroxylation sites is 1. The van der Waals surface area contributed by atoms with Gasteiger partial charge in [-0.2, -0.15) is 5.26 Å². The van der Waals surface area contributed by atoms with Crippen LogP contribution in [0.15, 0.2) is 60.8 Å². The van der Waals surface area contributed by atoms with Crippen LogP contribution in [-0.4, -0.2) is 23.0 Å². The summed E-state index contributed by atoms with van der Waals surface area (Å²) in [5.74, 6) is 0.746. The number of rotatable bonds is 6. The van der Waals surface area contributed by atoms with Crippen molar-refractivity contribution in [3.8, 4) is 11.8 Å². The fourth-order valence-electron chi connectivity index (χ4n) is 2.42. The Morgan fingerprint density at radius 3 is 2.67 bits per heavy atom. The van der Waals surface area contributed by atoms with Crippen molar-refractivity contribution in [2.45, 2.75) is 6.54 Å². The van der Waals surface area contributed by atoms with E-state index in [0.717, 1.165) is 11.3 Å². The van der Waals surface area contributed by atoms with E-state index in [1.54, 1.807) is 31.4 Å². The third-order valence-electron chi connectivity index (χ3n) is 3.79. The van der Waals surface area contributed by atoms with Crippen LogP contribution in [0.1, 0.15) is 21.6 Å². The van der Waals surface area contributed by atoms with Crippen LogP contribution in [0, 0.1) is 11.3 Å². The Morgan fingerprint density at radius 2 is 1.93 bits per heavy atom. The van der Waals surface area contributed by atoms with E-state index < -0.39 is 0 Å². The van der Waals surface area contributed by atoms with Crippen LogP contribution in [0.4, 0.5) is 11.6 Å². The van der Waals surface area contributed by atoms with Gasteiger partial charge in [-0.1, -0.05) is 18.2 Å². The standard InChI is InChI=1S/C20H17N5O2/c1-27-18-5-3-2-4-15(18)13-23-20-22-11-10-17(25-20)19(26)24-16-8-6-14(12-21)7-9-16/h2-11H,13H2,1H3,(H,24,26)(H,22,23,25). The fourth-order valence-corrected chi connectivity index (χ4v) is 2.42. The molecule has 7 heteroatoms. The van der Waals surface area contributed by atoms with E-state index in [1.165, 1.54) is 12.3 Å². The summed E-state index contributed by atoms with van der Waals surface area (Å²) in [5.41, 5.74) is 2.30. The Kier molecular flexibility index (Phi) is 5.60. The van der Waals surface area contributed by atoms with Crippen molar-refractivity contribution in [3.05, 3.63) is 77.6 Å². The summed E-state index contributed by atoms with van der Waals surface area (Å²) >= 11 is 0. The zero-order chi connectivity index (χ0) is 19.1. The number of nitrogens with one attached hydrogen (secondary N) is 2. The van der Waals surface area contributed by atoms with Crippen molar-refractivity contribution < 1.29 is 9.53 Å². The molecule has 0 bridgehead atoms. The zero-order valence-electron chi connectivity index (χ0n) is 14.6. The third kappa shape index (κ3) is 4.58. The minimum Gasteiger partial charge on any atom is -0.496 e. The molecule has 3 rings (SSSR count). The first-order chi connectivity index (χ1) is 13.2. The molecule has 1 heterocycles. The molecule has 0 unspecified atom stereocenters. The highest BCUT2D eigenvalue weighted by molar-refractivity contribution is 6.02. The number of hydrogen-bond acceptors (Lipinski definition) is 6. The fraction of sp³-hybridized carbons (Fsp3) is 0.100. The molecule has 7 nitrogen and oxygen atoms in total. The number of benzene rings is 2. The maximum absolute atomic E-state index is 12.4. The lowest BCUT2D eigenvalue weighted by molar-refractivity contribution is 0.102. The average molecular weight is 359 g/mol. The van der Waals surface area contributed by atoms with Crippen molar-refractivity contribution >= 4 is 17.5 Å². The second-order valence-corrected chi connectivity index (χ2v) is 5.57. The lowest BCUT2D eigenvalue weighted by Crippen LogP contribution is -2.15. The molecule has 0 spiro atoms. The molecule has 2 N–H and O–H groups in total. The summed E-state index contributed by atoms with van der Waals surface area (Å²) < 4.78 is 5.31. The topological polar surface area (TPSA) is 99.9 Å². The first-order valence-electron chi connectivity index (χ1n) is 8.20. The van der Waals surface area contributed by atoms with E-state index in [1.807, 2.05) is 30.3 Å². The van der Waals surface area contributed by atoms with Crippen molar-refractivity contribution in [2.24, 2.45) is 0 Å². The van der Waals surface area contributed by atoms with Gasteiger partial charge in [0.25, 0.3) is 5.91 Å². The van der Waals surface area contributed by atoms with E-state index in [4.69, 9.17) is 10.00 Å². The van der Waals surface area contributed by atoms with Crippen LogP contribution in [0.2, 0.25) is 0 Å². The third-order valence-corrected chi connectivity index (χ3v) is 3.79. The number of anilines is 2. The number of methoxy groups -OCH3 is 1. The number of nitrogens with zero attached hydrogens (tertiary/aromatic N) is 3. The highest BCUT2D eigenvalue weighted by Crippen LogP contribution is 2.18. The quantitative estimate of drug-likeness (QED) is 0.701. The van der Waals surface area contributed by atoms with E-state index in [0.29, 0.717) is 23.7 Å². The predicted octanol–water partition coefficient (Wildman–Crippen LogP) is 3.22. The molecule has 134 valence electrons. The molecule has 2 aromatic carbocycles. The number of hydrogen-bond donors (Lipinski definition) is 2. The molecule has 0 saturated heterocycles. The van der Waals surface area contributed by atoms with Gasteiger partial charge in [0.1, 0.15) is 11.4 Å². The lowest BCUT2D eigenvalue weighted by Gasteiger charge is -2.10. The number of nitriles is 1. The number of ether oxygens (including phenoxy) is 1. The SMILES string of the molecule is COc1ccccc1CNc1nccc(C(=O)Nc2ccc(C#N)cc2)n1. The molecule has 0 aliphatic rings. The summed E-state index contributed by atoms with van der Waals surface area (Å²) in [6.07, 6.45) is 1.52. The summed E-state index contributed by atoms with van der Waals surface area (Å²) in [5, 5.41) is 14.6. The van der Waals surface area contributed by atoms with E-state index >= 15 is 0 Å². The van der Waals surface area contributed by atoms with Gasteiger partial charge in [-0.05, 0) is 36.4 Å². The maximum Gasteiger partial charge on any atom is 0.274 e. The van der Waals surface area contributed by atoms with Gasteiger partial charge >= 0.3 is 0 Å². The van der Waals surface area contributed by atoms with Crippen LogP contribution in [0.25, 0.3) is 0 Å². The van der Waals surface area contributed by atoms with E-state index in [-0.39, 0.29) is 11.6 Å². The Bertz CT molecular complexity index is 980. The molecule has 0 saturated carbocycles. The van der Waals surface area contributed by atoms with Gasteiger partial charge in [-0.15, -0.1) is 0 Å². The summed E-state index contributed by atoms with van der Waals surface area (Å²) in [4.78, 5) is 20.8. The van der Waals surface area contributed by atoms with Crippen LogP contribution < -0.4 is 15.4 Å². The Hall–Kier alpha value is -3.92. The Balaban J connectivity index is 1.67. The number of carbonyl (C=O) groups excluding carboxylic acids is 1. The van der Waals surface area contributed by atoms with Gasteiger partial charge in [-0.3, -0.25) is 4.79 Å². The van der Waals surface area contributed by atoms with Gasteiger partial charge in [0.05, 0.1) is 18.7 Å². The molecule has 3 aromatic rings. The monoisotopic (exact) mass is 359 g/mol. The minimum atomic E-state index is -0.359. The van der Waals surface area contributed by atoms with Crippen LogP contribution in [0.5, 0.6) is 5.75 Å². The van der Waals surface area contributed by atoms with Crippen LogP contribution in [0.3, 0.4) is 0 Å². The number of carbonyl (C=O) groups is 1. The first kappa shape index (κ1) is 17.9. The lowest BCUT2D eigenvalue weighted by atomic mass is 10.2. The van der Waals surface area contributed by atoms with Gasteiger partial charge in [0.15, 0.2) is 0 Å². The van der Waals surface area contributed by atoms with Crippen molar-refractivity contribution in [1.29, 1.82) is 5.26 Å². The van der Waals surface area contributed by atoms with Crippen LogP contribution in [-0.2, 0) is 6.54 Å². The molecule has 0 fully saturated rings. The van der Waals surface area contributed by atoms with E-state index in [2.05, 4.69) is 20.6 Å². The van der Waals surface area contributed by atoms with Gasteiger partial charge in [0.2, 0.25) is 5.95 Å². The summed E-state index contributed by atoms with van der Waals surface area (Å²) in [6, 6.07) is 17.8. The van der Waals surface area contributed by atoms with E-state index in [9.17, 15) is 4.79 Å². The van der Waals surface area contributed by atoms with Gasteiger partial charge in [-0.25, -0.2) is 9.97 Å². The molecule has 0 atom stereocenters. The second-order valence-electron chi connectivity index (χ2n) is 5.57. The molecular weight excluding hydrogens is 342 g/mol. The van der Waals surface area contributed by atoms with Crippen molar-refractivity contribution in [3.63, 3.8) is 0 Å². The highest BCUT2D eigenvalue weighted by atomic mass is 16.5. The molecule has 0 aliphatic heterocycles. The number of amides is 1. The molecule has 1 amide bonds. The second kappa shape index (κ2) is 8.45. The normalized spacial score (nSPS) is 9.93. The highest BCUT2D eigenvalue weighted by Gasteiger charge is 2.10. The smallest absolute Gasteiger partial charge is 0.274 e. The van der Waals surface area contributed by atoms with Gasteiger partial charge in [0, 0.05) is 24.0 Å². The molecule has 0 radical (unpaired) electrons. The Morgan fingerprint density at radius 1 is 1.15 bits per heavy atom. The molecule has 1 aromatic heterocycles. The van der Waals surface area contributed by atoms with Crippen molar-refractivity contribution in [2.75, 3.05) is 17.7 Å².